The second-order valence-electron chi connectivity index (χ2n) is 6.11. The summed E-state index contributed by atoms with van der Waals surface area (Å²) < 4.78 is 0. The fourth-order valence-corrected chi connectivity index (χ4v) is 2.62. The third-order valence-electron chi connectivity index (χ3n) is 4.12. The van der Waals surface area contributed by atoms with Crippen LogP contribution in [-0.4, -0.2) is 22.4 Å². The molecule has 0 saturated carbocycles. The van der Waals surface area contributed by atoms with E-state index in [0.29, 0.717) is 30.4 Å². The number of rotatable bonds is 7. The van der Waals surface area contributed by atoms with E-state index in [0.717, 1.165) is 5.56 Å². The Hall–Kier alpha value is -3.47. The Kier molecular flexibility index (Phi) is 5.94. The molecule has 0 bridgehead atoms. The number of benzene rings is 2. The van der Waals surface area contributed by atoms with Gasteiger partial charge in [0.1, 0.15) is 11.5 Å². The molecule has 0 spiro atoms. The minimum atomic E-state index is -0.256. The zero-order chi connectivity index (χ0) is 19.1. The van der Waals surface area contributed by atoms with Crippen LogP contribution in [0.3, 0.4) is 0 Å². The minimum Gasteiger partial charge on any atom is -0.366 e. The summed E-state index contributed by atoms with van der Waals surface area (Å²) >= 11 is 0. The number of hydrogen-bond acceptors (Lipinski definition) is 4. The van der Waals surface area contributed by atoms with Gasteiger partial charge in [-0.25, -0.2) is 9.97 Å². The van der Waals surface area contributed by atoms with Crippen molar-refractivity contribution in [2.24, 2.45) is 0 Å². The van der Waals surface area contributed by atoms with Crippen LogP contribution in [0, 0.1) is 6.92 Å². The highest BCUT2D eigenvalue weighted by atomic mass is 16.1. The first-order valence-electron chi connectivity index (χ1n) is 8.79. The van der Waals surface area contributed by atoms with Crippen molar-refractivity contribution in [2.45, 2.75) is 13.5 Å². The monoisotopic (exact) mass is 358 g/mol. The molecule has 0 unspecified atom stereocenters. The molecular formula is C22H22N4O. The molecule has 136 valence electrons. The Balaban J connectivity index is 1.90. The number of carbonyl (C=O) groups excluding carboxylic acids is 1. The van der Waals surface area contributed by atoms with E-state index in [9.17, 15) is 4.79 Å². The number of hydrogen-bond donors (Lipinski definition) is 2. The van der Waals surface area contributed by atoms with Gasteiger partial charge < -0.3 is 10.6 Å². The summed E-state index contributed by atoms with van der Waals surface area (Å²) in [5.41, 5.74) is 3.55. The molecule has 3 rings (SSSR count). The summed E-state index contributed by atoms with van der Waals surface area (Å²) in [6.45, 7) is 6.69. The van der Waals surface area contributed by atoms with Gasteiger partial charge >= 0.3 is 0 Å². The molecule has 27 heavy (non-hydrogen) atoms. The molecule has 0 aliphatic rings. The van der Waals surface area contributed by atoms with E-state index in [1.54, 1.807) is 12.1 Å². The van der Waals surface area contributed by atoms with Crippen LogP contribution in [0.5, 0.6) is 0 Å². The lowest BCUT2D eigenvalue weighted by Crippen LogP contribution is -2.24. The van der Waals surface area contributed by atoms with Gasteiger partial charge in [0.2, 0.25) is 0 Å². The number of nitrogens with one attached hydrogen (secondary N) is 2. The third kappa shape index (κ3) is 4.79. The molecule has 0 saturated heterocycles. The predicted octanol–water partition coefficient (Wildman–Crippen LogP) is 3.98. The summed E-state index contributed by atoms with van der Waals surface area (Å²) in [4.78, 5) is 21.4. The number of anilines is 1. The van der Waals surface area contributed by atoms with Crippen molar-refractivity contribution in [3.63, 3.8) is 0 Å². The highest BCUT2D eigenvalue weighted by Gasteiger charge is 2.12. The maximum absolute atomic E-state index is 12.4. The standard InChI is InChI=1S/C22H22N4O/c1-3-13-23-22(27)19-14-20(24-15-18-12-8-7-9-16(18)2)26-21(25-19)17-10-5-4-6-11-17/h3-12,14H,1,13,15H2,2H3,(H,23,27)(H,24,25,26). The normalized spacial score (nSPS) is 10.3. The number of aryl methyl sites for hydroxylation is 1. The summed E-state index contributed by atoms with van der Waals surface area (Å²) in [6.07, 6.45) is 1.63. The van der Waals surface area contributed by atoms with Crippen molar-refractivity contribution >= 4 is 11.7 Å². The van der Waals surface area contributed by atoms with Crippen molar-refractivity contribution in [3.05, 3.63) is 90.1 Å². The van der Waals surface area contributed by atoms with E-state index < -0.39 is 0 Å². The van der Waals surface area contributed by atoms with Gasteiger partial charge in [0.05, 0.1) is 0 Å². The van der Waals surface area contributed by atoms with Crippen LogP contribution in [0.4, 0.5) is 5.82 Å². The van der Waals surface area contributed by atoms with E-state index in [-0.39, 0.29) is 5.91 Å². The SMILES string of the molecule is C=CCNC(=O)c1cc(NCc2ccccc2C)nc(-c2ccccc2)n1. The molecule has 1 aromatic heterocycles. The first kappa shape index (κ1) is 18.3. The molecular weight excluding hydrogens is 336 g/mol. The topological polar surface area (TPSA) is 66.9 Å². The summed E-state index contributed by atoms with van der Waals surface area (Å²) in [7, 11) is 0. The van der Waals surface area contributed by atoms with E-state index in [4.69, 9.17) is 0 Å². The Bertz CT molecular complexity index is 938. The highest BCUT2D eigenvalue weighted by molar-refractivity contribution is 5.93. The van der Waals surface area contributed by atoms with E-state index in [1.165, 1.54) is 11.1 Å². The van der Waals surface area contributed by atoms with Gasteiger partial charge in [-0.05, 0) is 18.1 Å². The zero-order valence-corrected chi connectivity index (χ0v) is 15.3. The van der Waals surface area contributed by atoms with Crippen LogP contribution in [0.1, 0.15) is 21.6 Å². The molecule has 0 aliphatic carbocycles. The van der Waals surface area contributed by atoms with Gasteiger partial charge in [0, 0.05) is 24.7 Å². The smallest absolute Gasteiger partial charge is 0.270 e. The summed E-state index contributed by atoms with van der Waals surface area (Å²) in [5.74, 6) is 0.860. The van der Waals surface area contributed by atoms with E-state index in [1.807, 2.05) is 42.5 Å². The van der Waals surface area contributed by atoms with Gasteiger partial charge in [-0.1, -0.05) is 60.7 Å². The molecule has 5 heteroatoms. The zero-order valence-electron chi connectivity index (χ0n) is 15.3. The lowest BCUT2D eigenvalue weighted by Gasteiger charge is -2.11. The van der Waals surface area contributed by atoms with Crippen molar-refractivity contribution in [2.75, 3.05) is 11.9 Å². The average Bonchev–Trinajstić information content (AvgIpc) is 2.72. The minimum absolute atomic E-state index is 0.256. The molecule has 0 aliphatic heterocycles. The second kappa shape index (κ2) is 8.76. The van der Waals surface area contributed by atoms with Crippen LogP contribution in [0.15, 0.2) is 73.3 Å². The van der Waals surface area contributed by atoms with Gasteiger partial charge in [-0.15, -0.1) is 6.58 Å². The molecule has 1 amide bonds. The van der Waals surface area contributed by atoms with Gasteiger partial charge in [0.15, 0.2) is 5.82 Å². The van der Waals surface area contributed by atoms with Gasteiger partial charge in [-0.3, -0.25) is 4.79 Å². The van der Waals surface area contributed by atoms with Crippen LogP contribution < -0.4 is 10.6 Å². The highest BCUT2D eigenvalue weighted by Crippen LogP contribution is 2.19. The van der Waals surface area contributed by atoms with Crippen LogP contribution >= 0.6 is 0 Å². The maximum atomic E-state index is 12.4. The fourth-order valence-electron chi connectivity index (χ4n) is 2.62. The first-order chi connectivity index (χ1) is 13.2. The van der Waals surface area contributed by atoms with Crippen molar-refractivity contribution in [1.29, 1.82) is 0 Å². The van der Waals surface area contributed by atoms with Gasteiger partial charge in [0.25, 0.3) is 5.91 Å². The molecule has 3 aromatic rings. The molecule has 5 nitrogen and oxygen atoms in total. The first-order valence-corrected chi connectivity index (χ1v) is 8.79. The Morgan fingerprint density at radius 1 is 1.07 bits per heavy atom. The van der Waals surface area contributed by atoms with Crippen LogP contribution in [-0.2, 0) is 6.54 Å². The Labute approximate surface area is 159 Å². The van der Waals surface area contributed by atoms with Crippen LogP contribution in [0.25, 0.3) is 11.4 Å². The summed E-state index contributed by atoms with van der Waals surface area (Å²) in [5, 5.41) is 6.07. The van der Waals surface area contributed by atoms with E-state index >= 15 is 0 Å². The molecule has 1 heterocycles. The summed E-state index contributed by atoms with van der Waals surface area (Å²) in [6, 6.07) is 19.4. The average molecular weight is 358 g/mol. The maximum Gasteiger partial charge on any atom is 0.270 e. The number of nitrogens with zero attached hydrogens (tertiary/aromatic N) is 2. The molecule has 0 atom stereocenters. The number of aromatic nitrogens is 2. The third-order valence-corrected chi connectivity index (χ3v) is 4.12. The lowest BCUT2D eigenvalue weighted by atomic mass is 10.1. The molecule has 0 radical (unpaired) electrons. The molecule has 0 fully saturated rings. The number of carbonyl (C=O) groups is 1. The van der Waals surface area contributed by atoms with Crippen LogP contribution in [0.2, 0.25) is 0 Å². The van der Waals surface area contributed by atoms with E-state index in [2.05, 4.69) is 46.2 Å². The molecule has 2 aromatic carbocycles. The Morgan fingerprint density at radius 3 is 2.56 bits per heavy atom. The largest absolute Gasteiger partial charge is 0.366 e. The van der Waals surface area contributed by atoms with Crippen molar-refractivity contribution in [1.82, 2.24) is 15.3 Å². The predicted molar refractivity (Wildman–Crippen MR) is 109 cm³/mol. The quantitative estimate of drug-likeness (QED) is 0.627. The second-order valence-corrected chi connectivity index (χ2v) is 6.11. The molecule has 2 N–H and O–H groups in total. The number of amides is 1. The van der Waals surface area contributed by atoms with Crippen molar-refractivity contribution < 1.29 is 4.79 Å². The Morgan fingerprint density at radius 2 is 1.81 bits per heavy atom. The fraction of sp³-hybridized carbons (Fsp3) is 0.136. The lowest BCUT2D eigenvalue weighted by molar-refractivity contribution is 0.0953. The van der Waals surface area contributed by atoms with Gasteiger partial charge in [-0.2, -0.15) is 0 Å². The van der Waals surface area contributed by atoms with Crippen molar-refractivity contribution in [3.8, 4) is 11.4 Å².